The molecular weight excluding hydrogens is 1180 g/mol. The van der Waals surface area contributed by atoms with Gasteiger partial charge in [-0.2, -0.15) is 9.97 Å². The van der Waals surface area contributed by atoms with Crippen LogP contribution in [-0.2, 0) is 20.7 Å². The van der Waals surface area contributed by atoms with Crippen molar-refractivity contribution in [1.29, 1.82) is 0 Å². The molecule has 0 saturated carbocycles. The predicted molar refractivity (Wildman–Crippen MR) is 346 cm³/mol. The third-order valence-electron chi connectivity index (χ3n) is 19.0. The van der Waals surface area contributed by atoms with Crippen LogP contribution in [0.1, 0.15) is 122 Å². The molecule has 5 aliphatic rings. The largest absolute Gasteiger partial charge is 0.508 e. The number of aromatic nitrogens is 5. The molecular formula is C68H84F2N12O8S. The van der Waals surface area contributed by atoms with Crippen molar-refractivity contribution in [2.75, 3.05) is 81.9 Å². The maximum Gasteiger partial charge on any atom is 0.410 e. The summed E-state index contributed by atoms with van der Waals surface area (Å²) in [5.74, 6) is -0.889. The zero-order valence-electron chi connectivity index (χ0n) is 53.5. The zero-order chi connectivity index (χ0) is 64.2. The molecule has 5 saturated heterocycles. The van der Waals surface area contributed by atoms with Gasteiger partial charge in [0.1, 0.15) is 52.6 Å². The van der Waals surface area contributed by atoms with E-state index in [4.69, 9.17) is 28.9 Å². The molecule has 9 heterocycles. The van der Waals surface area contributed by atoms with Gasteiger partial charge in [0, 0.05) is 95.7 Å². The molecule has 5 fully saturated rings. The Labute approximate surface area is 533 Å². The van der Waals surface area contributed by atoms with Crippen molar-refractivity contribution >= 4 is 62.6 Å². The highest BCUT2D eigenvalue weighted by Gasteiger charge is 2.47. The number of likely N-dealkylation sites (tertiary alicyclic amines) is 2. The number of anilines is 2. The summed E-state index contributed by atoms with van der Waals surface area (Å²) >= 11 is 1.58. The van der Waals surface area contributed by atoms with Crippen molar-refractivity contribution in [1.82, 2.24) is 50.0 Å². The molecule has 484 valence electrons. The van der Waals surface area contributed by atoms with Gasteiger partial charge in [0.15, 0.2) is 17.4 Å². The van der Waals surface area contributed by atoms with Gasteiger partial charge in [0.05, 0.1) is 45.7 Å². The van der Waals surface area contributed by atoms with Gasteiger partial charge < -0.3 is 44.2 Å². The summed E-state index contributed by atoms with van der Waals surface area (Å²) in [6, 6.07) is 17.2. The SMILES string of the molecule is CCc1cccc2cc(O)cc(-c3ncc4c(N5CC6CCC(C5)N6C(=O)OC(C)(C)C)nc(OCCN5CCC(F)(CN6CCN(c7cc(C(C(=O)N8C[C@H](O)C[C@H]8C(=O)NC(C)c8ccc(-c9scnc9C)cc8)C(C)C)on7)[C@@H](C)C6)CC5)nc4c3F)c12. The number of rotatable bonds is 17. The second-order valence-corrected chi connectivity index (χ2v) is 27.9. The highest BCUT2D eigenvalue weighted by Crippen LogP contribution is 2.42. The van der Waals surface area contributed by atoms with Crippen LogP contribution in [0.5, 0.6) is 11.8 Å². The lowest BCUT2D eigenvalue weighted by Crippen LogP contribution is -2.57. The fraction of sp³-hybridized carbons (Fsp3) is 0.529. The maximum atomic E-state index is 17.4. The van der Waals surface area contributed by atoms with Crippen LogP contribution < -0.4 is 19.9 Å². The van der Waals surface area contributed by atoms with Crippen molar-refractivity contribution in [3.8, 4) is 33.5 Å². The van der Waals surface area contributed by atoms with E-state index in [0.29, 0.717) is 100.0 Å². The number of aliphatic hydroxyl groups excluding tert-OH is 1. The van der Waals surface area contributed by atoms with Crippen LogP contribution in [0.4, 0.5) is 25.2 Å². The van der Waals surface area contributed by atoms with Gasteiger partial charge in [0.2, 0.25) is 11.8 Å². The Morgan fingerprint density at radius 2 is 1.68 bits per heavy atom. The average molecular weight is 1270 g/mol. The second-order valence-electron chi connectivity index (χ2n) is 27.0. The van der Waals surface area contributed by atoms with Crippen LogP contribution in [0.15, 0.2) is 76.9 Å². The Balaban J connectivity index is 0.667. The third-order valence-corrected chi connectivity index (χ3v) is 20.0. The number of piperazine rings is 2. The Hall–Kier alpha value is -7.60. The number of aromatic hydroxyl groups is 1. The standard InChI is InChI=1S/C68H84F2N12O8S/c1-10-43-12-11-13-46-28-49(83)29-51(57(43)46)59-58(69)60-52(32-71-59)62(79-34-47-18-19-48(35-79)82(47)66(87)89-67(7,8)9)75-65(74-60)88-27-26-77-22-20-68(70,21-23-77)37-78-24-25-80(40(4)33-78)55-31-54(90-76-55)56(39(2)3)64(86)81-36-50(84)30-53(81)63(85)73-41(5)44-14-16-45(17-15-44)61-42(6)72-38-91-61/h11-17,28-29,31-32,38-41,47-48,50,53,56,83-84H,10,18-27,30,33-37H2,1-9H3,(H,73,85)/t40-,41?,47?,48?,50+,53-,56?/m0/s1. The average Bonchev–Trinajstić information content (AvgIpc) is 1.53. The van der Waals surface area contributed by atoms with Crippen LogP contribution in [0.3, 0.4) is 0 Å². The van der Waals surface area contributed by atoms with Crippen molar-refractivity contribution < 1.29 is 47.4 Å². The number of aryl methyl sites for hydroxylation is 2. The number of phenols is 1. The van der Waals surface area contributed by atoms with Crippen molar-refractivity contribution in [2.24, 2.45) is 5.92 Å². The quantitative estimate of drug-likeness (QED) is 0.0772. The summed E-state index contributed by atoms with van der Waals surface area (Å²) in [6.45, 7) is 22.0. The Kier molecular flexibility index (Phi) is 18.0. The Morgan fingerprint density at radius 3 is 2.36 bits per heavy atom. The molecule has 3 N–H and O–H groups in total. The van der Waals surface area contributed by atoms with Crippen LogP contribution in [0, 0.1) is 18.7 Å². The van der Waals surface area contributed by atoms with Gasteiger partial charge in [-0.05, 0) is 119 Å². The molecule has 5 aliphatic heterocycles. The van der Waals surface area contributed by atoms with Gasteiger partial charge in [-0.25, -0.2) is 18.6 Å². The minimum absolute atomic E-state index is 0.0135. The smallest absolute Gasteiger partial charge is 0.410 e. The van der Waals surface area contributed by atoms with E-state index < -0.39 is 35.2 Å². The number of carbonyl (C=O) groups excluding carboxylic acids is 3. The van der Waals surface area contributed by atoms with Crippen LogP contribution >= 0.6 is 11.3 Å². The molecule has 91 heavy (non-hydrogen) atoms. The van der Waals surface area contributed by atoms with E-state index >= 15 is 8.78 Å². The molecule has 0 aliphatic carbocycles. The number of amides is 3. The number of thiazole rings is 1. The van der Waals surface area contributed by atoms with E-state index in [2.05, 4.69) is 42.0 Å². The number of ether oxygens (including phenoxy) is 2. The number of benzene rings is 3. The molecule has 7 atom stereocenters. The topological polar surface area (TPSA) is 219 Å². The molecule has 0 radical (unpaired) electrons. The lowest BCUT2D eigenvalue weighted by atomic mass is 9.91. The van der Waals surface area contributed by atoms with Crippen molar-refractivity contribution in [3.63, 3.8) is 0 Å². The number of hydrogen-bond acceptors (Lipinski definition) is 18. The number of halogens is 2. The molecule has 7 aromatic rings. The number of β-amino-alcohol motifs (C(OH)–C–C–N with tert-alkyl or cyclic N) is 1. The molecule has 23 heteroatoms. The van der Waals surface area contributed by atoms with Crippen molar-refractivity contribution in [2.45, 2.75) is 154 Å². The number of phenolic OH excluding ortho intramolecular Hbond substituents is 1. The maximum absolute atomic E-state index is 17.4. The molecule has 4 aromatic heterocycles. The van der Waals surface area contributed by atoms with E-state index in [1.807, 2.05) is 114 Å². The second kappa shape index (κ2) is 25.8. The van der Waals surface area contributed by atoms with E-state index in [9.17, 15) is 24.6 Å². The number of aliphatic hydroxyl groups is 1. The first-order chi connectivity index (χ1) is 43.5. The summed E-state index contributed by atoms with van der Waals surface area (Å²) in [5.41, 5.74) is 4.17. The fourth-order valence-corrected chi connectivity index (χ4v) is 15.2. The monoisotopic (exact) mass is 1270 g/mol. The Morgan fingerprint density at radius 1 is 0.934 bits per heavy atom. The van der Waals surface area contributed by atoms with E-state index in [1.165, 1.54) is 4.90 Å². The van der Waals surface area contributed by atoms with Gasteiger partial charge >= 0.3 is 12.1 Å². The first-order valence-electron chi connectivity index (χ1n) is 32.2. The highest BCUT2D eigenvalue weighted by atomic mass is 32.1. The minimum atomic E-state index is -1.42. The van der Waals surface area contributed by atoms with Gasteiger partial charge in [0.25, 0.3) is 0 Å². The number of nitrogens with zero attached hydrogens (tertiary/aromatic N) is 11. The fourth-order valence-electron chi connectivity index (χ4n) is 14.4. The van der Waals surface area contributed by atoms with Gasteiger partial charge in [-0.3, -0.25) is 29.3 Å². The van der Waals surface area contributed by atoms with Gasteiger partial charge in [-0.15, -0.1) is 11.3 Å². The summed E-state index contributed by atoms with van der Waals surface area (Å²) in [6.07, 6.45) is 3.39. The predicted octanol–water partition coefficient (Wildman–Crippen LogP) is 10.2. The minimum Gasteiger partial charge on any atom is -0.508 e. The first kappa shape index (κ1) is 63.5. The molecule has 12 rings (SSSR count). The highest BCUT2D eigenvalue weighted by molar-refractivity contribution is 7.13. The summed E-state index contributed by atoms with van der Waals surface area (Å²) in [5, 5.41) is 31.3. The summed E-state index contributed by atoms with van der Waals surface area (Å²) in [4.78, 5) is 73.6. The number of alkyl halides is 1. The van der Waals surface area contributed by atoms with Crippen LogP contribution in [-0.4, -0.2) is 186 Å². The number of hydrogen-bond donors (Lipinski definition) is 3. The van der Waals surface area contributed by atoms with Crippen LogP contribution in [0.2, 0.25) is 0 Å². The number of fused-ring (bicyclic) bond motifs is 4. The van der Waals surface area contributed by atoms with E-state index in [1.54, 1.807) is 29.7 Å². The normalized spacial score (nSPS) is 22.1. The number of nitrogens with one attached hydrogen (secondary N) is 1. The molecule has 4 unspecified atom stereocenters. The molecule has 20 nitrogen and oxygen atoms in total. The zero-order valence-corrected chi connectivity index (χ0v) is 54.3. The summed E-state index contributed by atoms with van der Waals surface area (Å²) in [7, 11) is 0. The van der Waals surface area contributed by atoms with Crippen LogP contribution in [0.25, 0.3) is 43.4 Å². The lowest BCUT2D eigenvalue weighted by Gasteiger charge is -2.44. The third kappa shape index (κ3) is 13.3. The number of carbonyl (C=O) groups is 3. The van der Waals surface area contributed by atoms with Gasteiger partial charge in [-0.1, -0.05) is 68.4 Å². The summed E-state index contributed by atoms with van der Waals surface area (Å²) < 4.78 is 52.5. The number of pyridine rings is 1. The molecule has 0 spiro atoms. The molecule has 3 amide bonds. The van der Waals surface area contributed by atoms with E-state index in [0.717, 1.165) is 50.9 Å². The Bertz CT molecular complexity index is 3800. The number of piperidine rings is 1. The molecule has 3 aromatic carbocycles. The van der Waals surface area contributed by atoms with E-state index in [-0.39, 0.29) is 97.1 Å². The van der Waals surface area contributed by atoms with Crippen molar-refractivity contribution in [3.05, 3.63) is 101 Å². The lowest BCUT2D eigenvalue weighted by molar-refractivity contribution is -0.141. The molecule has 2 bridgehead atoms. The first-order valence-corrected chi connectivity index (χ1v) is 33.1.